The highest BCUT2D eigenvalue weighted by Crippen LogP contribution is 2.25. The number of ether oxygens (including phenoxy) is 3. The third-order valence-corrected chi connectivity index (χ3v) is 14.1. The van der Waals surface area contributed by atoms with E-state index < -0.39 is 190 Å². The molecule has 14 unspecified atom stereocenters. The topological polar surface area (TPSA) is 530 Å². The zero-order valence-corrected chi connectivity index (χ0v) is 47.1. The average molecular weight is 1220 g/mol. The van der Waals surface area contributed by atoms with E-state index >= 15 is 0 Å². The highest BCUT2D eigenvalue weighted by Gasteiger charge is 2.42. The van der Waals surface area contributed by atoms with Gasteiger partial charge in [-0.15, -0.1) is 0 Å². The van der Waals surface area contributed by atoms with Gasteiger partial charge in [-0.1, -0.05) is 43.7 Å². The second-order valence-corrected chi connectivity index (χ2v) is 20.7. The number of primary amides is 2. The Morgan fingerprint density at radius 2 is 1.38 bits per heavy atom. The van der Waals surface area contributed by atoms with Crippen LogP contribution in [0.25, 0.3) is 10.9 Å². The second-order valence-electron chi connectivity index (χ2n) is 20.7. The molecule has 32 nitrogen and oxygen atoms in total. The molecule has 0 saturated carbocycles. The maximum atomic E-state index is 15.0. The largest absolute Gasteiger partial charge is 0.508 e. The Labute approximate surface area is 492 Å². The number of benzene rings is 2. The van der Waals surface area contributed by atoms with Crippen molar-refractivity contribution >= 4 is 70.0 Å². The number of phenolic OH excluding ortho intramolecular Hbond substituents is 1. The van der Waals surface area contributed by atoms with Crippen molar-refractivity contribution in [3.05, 3.63) is 65.9 Å². The third-order valence-electron chi connectivity index (χ3n) is 14.1. The van der Waals surface area contributed by atoms with E-state index in [4.69, 9.17) is 31.4 Å². The number of aliphatic hydroxyl groups excluding tert-OH is 6. The standard InChI is InChI=1S/C54H78N12O20/c1-2-3-16-84-30-18-29(86-37-25-85-54(83)46(75)44(37)73)19-39(70)61-34(17-27-21-58-32-9-5-4-8-31(27)32)50(79)65-41(43(72)26-11-13-28(68)14-12-26)53(82)63-33(10-6-7-15-55)48(77)60-23-40(71)62-35(20-38(56)69)49(78)64-36(24-67)51(80)66-42(45(74)47(57)76)52(81)59-22-30/h4-5,8-9,11-14,21,29-30,33-37,41-46,54,58,67-68,72-75,83H,2-3,6-7,10,15-20,22-25,55H2,1H3,(H2,56,69)(H2,57,76)(H,59,81)(H,60,77)(H,61,70)(H,62,71)(H,63,82)(H,64,78)(H,65,79)(H,66,80). The summed E-state index contributed by atoms with van der Waals surface area (Å²) < 4.78 is 17.5. The van der Waals surface area contributed by atoms with Gasteiger partial charge in [-0.05, 0) is 61.6 Å². The smallest absolute Gasteiger partial charge is 0.248 e. The predicted molar refractivity (Wildman–Crippen MR) is 298 cm³/mol. The minimum atomic E-state index is -2.48. The highest BCUT2D eigenvalue weighted by atomic mass is 16.6. The predicted octanol–water partition coefficient (Wildman–Crippen LogP) is -7.06. The normalized spacial score (nSPS) is 27.5. The lowest BCUT2D eigenvalue weighted by molar-refractivity contribution is -0.267. The zero-order chi connectivity index (χ0) is 63.2. The van der Waals surface area contributed by atoms with E-state index in [1.165, 1.54) is 24.3 Å². The number of hydrogen-bond acceptors (Lipinski definition) is 21. The Balaban J connectivity index is 1.63. The molecular weight excluding hydrogens is 1140 g/mol. The van der Waals surface area contributed by atoms with Gasteiger partial charge in [0.1, 0.15) is 66.4 Å². The second kappa shape index (κ2) is 33.7. The number of hydrogen-bond donors (Lipinski definition) is 19. The van der Waals surface area contributed by atoms with Gasteiger partial charge in [0.15, 0.2) is 12.4 Å². The van der Waals surface area contributed by atoms with Crippen LogP contribution in [0.2, 0.25) is 0 Å². The number of aromatic amines is 1. The molecule has 86 heavy (non-hydrogen) atoms. The van der Waals surface area contributed by atoms with Gasteiger partial charge in [-0.3, -0.25) is 47.9 Å². The highest BCUT2D eigenvalue weighted by molar-refractivity contribution is 5.99. The van der Waals surface area contributed by atoms with Gasteiger partial charge >= 0.3 is 0 Å². The number of nitrogens with one attached hydrogen (secondary N) is 9. The summed E-state index contributed by atoms with van der Waals surface area (Å²) in [6.45, 7) is -1.30. The molecule has 3 aromatic rings. The molecule has 2 aliphatic rings. The van der Waals surface area contributed by atoms with Crippen molar-refractivity contribution in [3.8, 4) is 5.75 Å². The zero-order valence-electron chi connectivity index (χ0n) is 47.1. The van der Waals surface area contributed by atoms with Gasteiger partial charge in [0.2, 0.25) is 59.1 Å². The van der Waals surface area contributed by atoms with E-state index in [0.29, 0.717) is 35.7 Å². The lowest BCUT2D eigenvalue weighted by Crippen LogP contribution is -2.62. The monoisotopic (exact) mass is 1210 g/mol. The molecule has 32 heteroatoms. The summed E-state index contributed by atoms with van der Waals surface area (Å²) >= 11 is 0. The van der Waals surface area contributed by atoms with Crippen LogP contribution in [0.3, 0.4) is 0 Å². The van der Waals surface area contributed by atoms with Crippen LogP contribution in [-0.4, -0.2) is 218 Å². The van der Waals surface area contributed by atoms with Crippen LogP contribution in [-0.2, 0) is 68.6 Å². The first kappa shape index (κ1) is 68.9. The van der Waals surface area contributed by atoms with Gasteiger partial charge in [0.05, 0.1) is 44.8 Å². The van der Waals surface area contributed by atoms with Crippen LogP contribution in [0.4, 0.5) is 0 Å². The van der Waals surface area contributed by atoms with Crippen molar-refractivity contribution in [2.75, 3.05) is 39.5 Å². The van der Waals surface area contributed by atoms with E-state index in [-0.39, 0.29) is 43.7 Å². The van der Waals surface area contributed by atoms with E-state index in [1.807, 2.05) is 12.2 Å². The van der Waals surface area contributed by atoms with Gasteiger partial charge in [-0.2, -0.15) is 0 Å². The molecular formula is C54H78N12O20. The number of phenols is 1. The first-order valence-corrected chi connectivity index (χ1v) is 27.8. The summed E-state index contributed by atoms with van der Waals surface area (Å²) in [6, 6.07) is 0.442. The SMILES string of the molecule is CCCCOC1CNC(=O)C(C(O)C(N)=O)NC(=O)C(CO)NC(=O)C(CC(N)=O)NC(=O)CNC(=O)C(CCCCN)NC(=O)C(C(O)c2ccc(O)cc2)NC(=O)C(Cc2c[nH]c3ccccc23)NC(=O)CC(OC2COC(O)C(O)C2O)C1. The van der Waals surface area contributed by atoms with E-state index in [2.05, 4.69) is 42.2 Å². The molecule has 474 valence electrons. The molecule has 2 aliphatic heterocycles. The first-order valence-electron chi connectivity index (χ1n) is 27.8. The van der Waals surface area contributed by atoms with Crippen LogP contribution >= 0.6 is 0 Å². The molecule has 10 amide bonds. The number of para-hydroxylation sites is 1. The van der Waals surface area contributed by atoms with Crippen LogP contribution in [0.15, 0.2) is 54.7 Å². The fourth-order valence-electron chi connectivity index (χ4n) is 9.29. The maximum Gasteiger partial charge on any atom is 0.248 e. The molecule has 14 atom stereocenters. The Kier molecular flexibility index (Phi) is 27.0. The lowest BCUT2D eigenvalue weighted by atomic mass is 9.98. The van der Waals surface area contributed by atoms with Gasteiger partial charge in [-0.25, -0.2) is 0 Å². The molecule has 0 radical (unpaired) electrons. The quantitative estimate of drug-likeness (QED) is 0.0496. The summed E-state index contributed by atoms with van der Waals surface area (Å²) in [5.41, 5.74) is 17.5. The molecule has 22 N–H and O–H groups in total. The number of fused-ring (bicyclic) bond motifs is 1. The van der Waals surface area contributed by atoms with Crippen molar-refractivity contribution in [3.63, 3.8) is 0 Å². The van der Waals surface area contributed by atoms with Crippen molar-refractivity contribution in [1.82, 2.24) is 47.5 Å². The maximum absolute atomic E-state index is 15.0. The summed E-state index contributed by atoms with van der Waals surface area (Å²) in [6.07, 6.45) is -13.4. The van der Waals surface area contributed by atoms with E-state index in [0.717, 1.165) is 0 Å². The Hall–Kier alpha value is -7.92. The molecule has 1 aromatic heterocycles. The number of aromatic nitrogens is 1. The Morgan fingerprint density at radius 1 is 0.721 bits per heavy atom. The van der Waals surface area contributed by atoms with Crippen LogP contribution < -0.4 is 59.7 Å². The number of rotatable bonds is 19. The average Bonchev–Trinajstić information content (AvgIpc) is 3.91. The van der Waals surface area contributed by atoms with Crippen molar-refractivity contribution in [2.45, 2.75) is 150 Å². The van der Waals surface area contributed by atoms with Gasteiger partial charge in [0, 0.05) is 43.1 Å². The van der Waals surface area contributed by atoms with Gasteiger partial charge < -0.3 is 115 Å². The molecule has 3 heterocycles. The molecule has 2 fully saturated rings. The number of carbonyl (C=O) groups is 10. The summed E-state index contributed by atoms with van der Waals surface area (Å²) in [7, 11) is 0. The van der Waals surface area contributed by atoms with E-state index in [1.54, 1.807) is 30.5 Å². The summed E-state index contributed by atoms with van der Waals surface area (Å²) in [5, 5.41) is 94.2. The first-order chi connectivity index (χ1) is 40.9. The number of aliphatic hydroxyl groups is 6. The van der Waals surface area contributed by atoms with Crippen LogP contribution in [0.1, 0.15) is 75.5 Å². The molecule has 0 spiro atoms. The molecule has 0 aliphatic carbocycles. The van der Waals surface area contributed by atoms with Crippen molar-refractivity contribution in [2.24, 2.45) is 17.2 Å². The fourth-order valence-corrected chi connectivity index (χ4v) is 9.29. The van der Waals surface area contributed by atoms with Crippen molar-refractivity contribution < 1.29 is 97.9 Å². The van der Waals surface area contributed by atoms with Crippen LogP contribution in [0, 0.1) is 0 Å². The van der Waals surface area contributed by atoms with Gasteiger partial charge in [0.25, 0.3) is 0 Å². The number of H-pyrrole nitrogens is 1. The van der Waals surface area contributed by atoms with Crippen LogP contribution in [0.5, 0.6) is 5.75 Å². The Bertz CT molecular complexity index is 2810. The number of nitrogens with two attached hydrogens (primary N) is 3. The molecule has 2 aromatic carbocycles. The molecule has 0 bridgehead atoms. The lowest BCUT2D eigenvalue weighted by Gasteiger charge is -2.37. The number of unbranched alkanes of at least 4 members (excludes halogenated alkanes) is 2. The Morgan fingerprint density at radius 3 is 2.06 bits per heavy atom. The number of aromatic hydroxyl groups is 1. The number of amides is 10. The third kappa shape index (κ3) is 20.4. The van der Waals surface area contributed by atoms with Crippen molar-refractivity contribution in [1.29, 1.82) is 0 Å². The minimum absolute atomic E-state index is 0.00586. The van der Waals surface area contributed by atoms with E-state index in [9.17, 15) is 83.7 Å². The molecule has 2 saturated heterocycles. The summed E-state index contributed by atoms with van der Waals surface area (Å²) in [5.74, 6) is -12.3. The molecule has 5 rings (SSSR count). The summed E-state index contributed by atoms with van der Waals surface area (Å²) in [4.78, 5) is 140. The minimum Gasteiger partial charge on any atom is -0.508 e. The fraction of sp³-hybridized carbons (Fsp3) is 0.556. The number of carbonyl (C=O) groups excluding carboxylic acids is 10.